The van der Waals surface area contributed by atoms with Crippen molar-refractivity contribution in [2.24, 2.45) is 0 Å². The van der Waals surface area contributed by atoms with E-state index in [1.165, 1.54) is 27.7 Å². The average molecular weight is 251 g/mol. The van der Waals surface area contributed by atoms with Gasteiger partial charge in [-0.25, -0.2) is 0 Å². The lowest BCUT2D eigenvalue weighted by molar-refractivity contribution is 0.636. The molecule has 98 valence electrons. The summed E-state index contributed by atoms with van der Waals surface area (Å²) in [4.78, 5) is 2.39. The lowest BCUT2D eigenvalue weighted by atomic mass is 9.82. The molecule has 19 heavy (non-hydrogen) atoms. The zero-order chi connectivity index (χ0) is 13.6. The maximum atomic E-state index is 4.35. The molecule has 0 unspecified atom stereocenters. The minimum Gasteiger partial charge on any atom is -0.345 e. The average Bonchev–Trinajstić information content (AvgIpc) is 2.60. The van der Waals surface area contributed by atoms with E-state index in [2.05, 4.69) is 68.6 Å². The second-order valence-electron chi connectivity index (χ2n) is 5.90. The predicted octanol–water partition coefficient (Wildman–Crippen LogP) is 4.86. The summed E-state index contributed by atoms with van der Waals surface area (Å²) in [5.74, 6) is 0. The predicted molar refractivity (Wildman–Crippen MR) is 83.8 cm³/mol. The fourth-order valence-corrected chi connectivity index (χ4v) is 3.25. The first kappa shape index (κ1) is 12.3. The van der Waals surface area contributed by atoms with E-state index in [1.807, 2.05) is 0 Å². The summed E-state index contributed by atoms with van der Waals surface area (Å²) < 4.78 is 0. The normalized spacial score (nSPS) is 17.0. The molecule has 0 saturated carbocycles. The van der Waals surface area contributed by atoms with E-state index in [9.17, 15) is 0 Å². The summed E-state index contributed by atoms with van der Waals surface area (Å²) in [5, 5.41) is 2.69. The third kappa shape index (κ3) is 1.61. The fraction of sp³-hybridized carbons (Fsp3) is 0.333. The van der Waals surface area contributed by atoms with Gasteiger partial charge in [0.05, 0.1) is 0 Å². The molecule has 0 spiro atoms. The van der Waals surface area contributed by atoms with Crippen LogP contribution in [0.4, 0.5) is 5.69 Å². The van der Waals surface area contributed by atoms with Crippen molar-refractivity contribution in [3.05, 3.63) is 54.2 Å². The largest absolute Gasteiger partial charge is 0.345 e. The van der Waals surface area contributed by atoms with Crippen molar-refractivity contribution in [1.82, 2.24) is 0 Å². The topological polar surface area (TPSA) is 3.24 Å². The van der Waals surface area contributed by atoms with Gasteiger partial charge in [0.25, 0.3) is 0 Å². The van der Waals surface area contributed by atoms with Gasteiger partial charge >= 0.3 is 0 Å². The molecule has 0 radical (unpaired) electrons. The van der Waals surface area contributed by atoms with E-state index in [4.69, 9.17) is 0 Å². The third-order valence-electron chi connectivity index (χ3n) is 4.32. The number of hydrogen-bond donors (Lipinski definition) is 0. The monoisotopic (exact) mass is 251 g/mol. The molecule has 0 N–H and O–H groups in total. The molecule has 0 bridgehead atoms. The summed E-state index contributed by atoms with van der Waals surface area (Å²) in [7, 11) is 0. The molecule has 3 rings (SSSR count). The van der Waals surface area contributed by atoms with Crippen molar-refractivity contribution in [2.75, 3.05) is 11.4 Å². The van der Waals surface area contributed by atoms with E-state index < -0.39 is 0 Å². The summed E-state index contributed by atoms with van der Waals surface area (Å²) >= 11 is 0. The Balaban J connectivity index is 2.33. The van der Waals surface area contributed by atoms with Crippen LogP contribution in [0.2, 0.25) is 0 Å². The molecular formula is C18H21N. The number of allylic oxidation sites excluding steroid dienone is 1. The van der Waals surface area contributed by atoms with E-state index >= 15 is 0 Å². The quantitative estimate of drug-likeness (QED) is 0.736. The number of rotatable bonds is 2. The Labute approximate surface area is 115 Å². The molecule has 2 aromatic rings. The number of nitrogens with zero attached hydrogens (tertiary/aromatic N) is 1. The molecule has 1 heterocycles. The molecule has 0 amide bonds. The van der Waals surface area contributed by atoms with Gasteiger partial charge in [-0.2, -0.15) is 0 Å². The summed E-state index contributed by atoms with van der Waals surface area (Å²) in [6, 6.07) is 13.1. The highest BCUT2D eigenvalue weighted by molar-refractivity contribution is 5.94. The van der Waals surface area contributed by atoms with Crippen LogP contribution in [0.1, 0.15) is 32.8 Å². The highest BCUT2D eigenvalue weighted by Crippen LogP contribution is 2.49. The Morgan fingerprint density at radius 2 is 1.84 bits per heavy atom. The Morgan fingerprint density at radius 1 is 1.11 bits per heavy atom. The highest BCUT2D eigenvalue weighted by Gasteiger charge is 2.39. The molecule has 2 aromatic carbocycles. The molecule has 1 nitrogen and oxygen atoms in total. The van der Waals surface area contributed by atoms with Crippen LogP contribution in [-0.4, -0.2) is 6.54 Å². The number of fused-ring (bicyclic) bond motifs is 3. The van der Waals surface area contributed by atoms with Gasteiger partial charge in [-0.05, 0) is 28.8 Å². The van der Waals surface area contributed by atoms with Crippen molar-refractivity contribution in [3.8, 4) is 0 Å². The highest BCUT2D eigenvalue weighted by atomic mass is 15.2. The van der Waals surface area contributed by atoms with E-state index in [1.54, 1.807) is 0 Å². The lowest BCUT2D eigenvalue weighted by Gasteiger charge is -2.25. The molecule has 1 aliphatic rings. The minimum absolute atomic E-state index is 0.0192. The van der Waals surface area contributed by atoms with E-state index in [0.29, 0.717) is 0 Å². The second-order valence-corrected chi connectivity index (χ2v) is 5.90. The third-order valence-corrected chi connectivity index (χ3v) is 4.32. The van der Waals surface area contributed by atoms with Gasteiger partial charge in [0.15, 0.2) is 0 Å². The summed E-state index contributed by atoms with van der Waals surface area (Å²) in [5.41, 5.74) is 4.02. The molecule has 0 aromatic heterocycles. The zero-order valence-corrected chi connectivity index (χ0v) is 12.0. The van der Waals surface area contributed by atoms with Gasteiger partial charge in [-0.1, -0.05) is 57.7 Å². The van der Waals surface area contributed by atoms with Crippen molar-refractivity contribution < 1.29 is 0 Å². The van der Waals surface area contributed by atoms with Crippen LogP contribution in [-0.2, 0) is 5.41 Å². The summed E-state index contributed by atoms with van der Waals surface area (Å²) in [6.07, 6.45) is 1.14. The number of hydrogen-bond acceptors (Lipinski definition) is 1. The molecule has 0 aliphatic carbocycles. The standard InChI is InChI=1S/C18H21N/c1-5-12-19-13(2)18(3,4)17-15-9-7-6-8-14(15)10-11-16(17)19/h6-11H,2,5,12H2,1,3-4H3. The second kappa shape index (κ2) is 4.12. The lowest BCUT2D eigenvalue weighted by Crippen LogP contribution is -2.25. The molecule has 1 aliphatic heterocycles. The molecular weight excluding hydrogens is 230 g/mol. The van der Waals surface area contributed by atoms with Crippen LogP contribution in [0.25, 0.3) is 10.8 Å². The van der Waals surface area contributed by atoms with Gasteiger partial charge in [-0.15, -0.1) is 0 Å². The van der Waals surface area contributed by atoms with Crippen molar-refractivity contribution in [3.63, 3.8) is 0 Å². The van der Waals surface area contributed by atoms with Crippen LogP contribution in [0.3, 0.4) is 0 Å². The maximum absolute atomic E-state index is 4.35. The summed E-state index contributed by atoms with van der Waals surface area (Å²) in [6.45, 7) is 12.2. The van der Waals surface area contributed by atoms with Crippen molar-refractivity contribution >= 4 is 16.5 Å². The van der Waals surface area contributed by atoms with E-state index in [-0.39, 0.29) is 5.41 Å². The van der Waals surface area contributed by atoms with Crippen molar-refractivity contribution in [1.29, 1.82) is 0 Å². The smallest absolute Gasteiger partial charge is 0.0456 e. The first-order valence-corrected chi connectivity index (χ1v) is 7.06. The maximum Gasteiger partial charge on any atom is 0.0456 e. The van der Waals surface area contributed by atoms with Gasteiger partial charge in [0.1, 0.15) is 0 Å². The van der Waals surface area contributed by atoms with Crippen LogP contribution in [0.15, 0.2) is 48.7 Å². The Bertz CT molecular complexity index is 652. The fourth-order valence-electron chi connectivity index (χ4n) is 3.25. The van der Waals surface area contributed by atoms with Crippen molar-refractivity contribution in [2.45, 2.75) is 32.6 Å². The number of anilines is 1. The Hall–Kier alpha value is -1.76. The van der Waals surface area contributed by atoms with Gasteiger partial charge in [0.2, 0.25) is 0 Å². The van der Waals surface area contributed by atoms with Gasteiger partial charge in [-0.3, -0.25) is 0 Å². The van der Waals surface area contributed by atoms with Crippen LogP contribution < -0.4 is 4.90 Å². The zero-order valence-electron chi connectivity index (χ0n) is 12.0. The minimum atomic E-state index is 0.0192. The van der Waals surface area contributed by atoms with Crippen LogP contribution >= 0.6 is 0 Å². The first-order chi connectivity index (χ1) is 9.07. The molecule has 1 heteroatoms. The Kier molecular flexibility index (Phi) is 2.67. The molecule has 0 atom stereocenters. The molecule has 0 saturated heterocycles. The van der Waals surface area contributed by atoms with Gasteiger partial charge in [0, 0.05) is 23.3 Å². The van der Waals surface area contributed by atoms with E-state index in [0.717, 1.165) is 13.0 Å². The Morgan fingerprint density at radius 3 is 2.58 bits per heavy atom. The van der Waals surface area contributed by atoms with Gasteiger partial charge < -0.3 is 4.90 Å². The van der Waals surface area contributed by atoms with Crippen LogP contribution in [0.5, 0.6) is 0 Å². The SMILES string of the molecule is C=C1N(CCC)c2ccc3ccccc3c2C1(C)C. The van der Waals surface area contributed by atoms with Crippen LogP contribution in [0, 0.1) is 0 Å². The molecule has 0 fully saturated rings. The first-order valence-electron chi connectivity index (χ1n) is 7.06. The number of benzene rings is 2.